The summed E-state index contributed by atoms with van der Waals surface area (Å²) in [6, 6.07) is 15.7. The summed E-state index contributed by atoms with van der Waals surface area (Å²) in [6.07, 6.45) is 7.93. The third kappa shape index (κ3) is 9.43. The molecule has 0 atom stereocenters. The lowest BCUT2D eigenvalue weighted by Gasteiger charge is -2.08. The third-order valence-electron chi connectivity index (χ3n) is 4.39. The molecule has 0 aliphatic heterocycles. The van der Waals surface area contributed by atoms with Crippen molar-refractivity contribution in [2.24, 2.45) is 5.10 Å². The van der Waals surface area contributed by atoms with Crippen LogP contribution in [0.4, 0.5) is 0 Å². The predicted molar refractivity (Wildman–Crippen MR) is 124 cm³/mol. The molecule has 6 heteroatoms. The Morgan fingerprint density at radius 2 is 1.66 bits per heavy atom. The van der Waals surface area contributed by atoms with Gasteiger partial charge in [0.15, 0.2) is 5.11 Å². The molecule has 5 nitrogen and oxygen atoms in total. The average molecular weight is 414 g/mol. The van der Waals surface area contributed by atoms with E-state index in [1.807, 2.05) is 48.5 Å². The molecule has 0 fully saturated rings. The molecule has 2 rings (SSSR count). The zero-order valence-electron chi connectivity index (χ0n) is 17.3. The third-order valence-corrected chi connectivity index (χ3v) is 4.62. The van der Waals surface area contributed by atoms with Gasteiger partial charge in [-0.25, -0.2) is 0 Å². The Balaban J connectivity index is 1.65. The summed E-state index contributed by atoms with van der Waals surface area (Å²) in [7, 11) is 1.65. The topological polar surface area (TPSA) is 54.9 Å². The van der Waals surface area contributed by atoms with Gasteiger partial charge in [0, 0.05) is 6.54 Å². The van der Waals surface area contributed by atoms with Gasteiger partial charge in [0.2, 0.25) is 0 Å². The fourth-order valence-electron chi connectivity index (χ4n) is 2.68. The van der Waals surface area contributed by atoms with Gasteiger partial charge in [0.1, 0.15) is 11.5 Å². The number of benzene rings is 2. The second kappa shape index (κ2) is 13.6. The van der Waals surface area contributed by atoms with E-state index in [9.17, 15) is 0 Å². The summed E-state index contributed by atoms with van der Waals surface area (Å²) in [5, 5.41) is 7.77. The van der Waals surface area contributed by atoms with Gasteiger partial charge < -0.3 is 14.8 Å². The maximum Gasteiger partial charge on any atom is 0.187 e. The Labute approximate surface area is 179 Å². The van der Waals surface area contributed by atoms with Crippen molar-refractivity contribution in [2.45, 2.75) is 45.6 Å². The number of nitrogens with one attached hydrogen (secondary N) is 2. The Bertz CT molecular complexity index is 746. The number of hydrogen-bond donors (Lipinski definition) is 2. The lowest BCUT2D eigenvalue weighted by Crippen LogP contribution is -2.31. The molecule has 2 aromatic carbocycles. The van der Waals surface area contributed by atoms with Crippen molar-refractivity contribution in [3.05, 3.63) is 59.7 Å². The van der Waals surface area contributed by atoms with Crippen LogP contribution in [-0.2, 0) is 6.54 Å². The highest BCUT2D eigenvalue weighted by Gasteiger charge is 1.98. The standard InChI is InChI=1S/C23H31N3O2S/c1-3-4-5-6-7-16-28-22-14-10-20(11-15-22)18-25-26-23(29)24-17-19-8-12-21(27-2)13-9-19/h8-15,18H,3-7,16-17H2,1-2H3,(H2,24,26,29). The van der Waals surface area contributed by atoms with Gasteiger partial charge in [-0.3, -0.25) is 5.43 Å². The summed E-state index contributed by atoms with van der Waals surface area (Å²) in [5.41, 5.74) is 4.92. The largest absolute Gasteiger partial charge is 0.497 e. The van der Waals surface area contributed by atoms with Crippen LogP contribution >= 0.6 is 12.2 Å². The second-order valence-electron chi connectivity index (χ2n) is 6.73. The van der Waals surface area contributed by atoms with Gasteiger partial charge in [-0.2, -0.15) is 5.10 Å². The van der Waals surface area contributed by atoms with E-state index in [1.165, 1.54) is 25.7 Å². The van der Waals surface area contributed by atoms with Gasteiger partial charge in [-0.05, 0) is 66.2 Å². The number of rotatable bonds is 12. The normalized spacial score (nSPS) is 10.7. The molecule has 0 radical (unpaired) electrons. The number of ether oxygens (including phenoxy) is 2. The molecule has 0 amide bonds. The zero-order valence-corrected chi connectivity index (χ0v) is 18.1. The molecule has 0 spiro atoms. The van der Waals surface area contributed by atoms with Crippen molar-refractivity contribution >= 4 is 23.5 Å². The Morgan fingerprint density at radius 3 is 2.34 bits per heavy atom. The highest BCUT2D eigenvalue weighted by Crippen LogP contribution is 2.13. The SMILES string of the molecule is CCCCCCCOc1ccc(C=NNC(=S)NCc2ccc(OC)cc2)cc1. The maximum absolute atomic E-state index is 5.77. The molecule has 0 saturated carbocycles. The fraction of sp³-hybridized carbons (Fsp3) is 0.391. The first kappa shape index (κ1) is 22.7. The quantitative estimate of drug-likeness (QED) is 0.221. The van der Waals surface area contributed by atoms with Crippen LogP contribution in [0.3, 0.4) is 0 Å². The van der Waals surface area contributed by atoms with Crippen molar-refractivity contribution in [3.8, 4) is 11.5 Å². The van der Waals surface area contributed by atoms with Crippen LogP contribution in [-0.4, -0.2) is 25.0 Å². The van der Waals surface area contributed by atoms with Crippen LogP contribution in [0, 0.1) is 0 Å². The van der Waals surface area contributed by atoms with Crippen LogP contribution in [0.1, 0.15) is 50.2 Å². The Kier molecular flexibility index (Phi) is 10.6. The van der Waals surface area contributed by atoms with E-state index in [-0.39, 0.29) is 0 Å². The minimum atomic E-state index is 0.472. The number of thiocarbonyl (C=S) groups is 1. The molecule has 0 aliphatic carbocycles. The van der Waals surface area contributed by atoms with Gasteiger partial charge in [0.25, 0.3) is 0 Å². The summed E-state index contributed by atoms with van der Waals surface area (Å²) in [4.78, 5) is 0. The monoisotopic (exact) mass is 413 g/mol. The van der Waals surface area contributed by atoms with E-state index in [0.29, 0.717) is 11.7 Å². The van der Waals surface area contributed by atoms with Crippen LogP contribution in [0.5, 0.6) is 11.5 Å². The molecule has 0 unspecified atom stereocenters. The number of methoxy groups -OCH3 is 1. The van der Waals surface area contributed by atoms with Crippen LogP contribution < -0.4 is 20.2 Å². The highest BCUT2D eigenvalue weighted by atomic mass is 32.1. The van der Waals surface area contributed by atoms with Crippen LogP contribution in [0.2, 0.25) is 0 Å². The Morgan fingerprint density at radius 1 is 0.966 bits per heavy atom. The maximum atomic E-state index is 5.77. The first-order chi connectivity index (χ1) is 14.2. The van der Waals surface area contributed by atoms with E-state index in [2.05, 4.69) is 22.8 Å². The summed E-state index contributed by atoms with van der Waals surface area (Å²) < 4.78 is 10.9. The molecule has 0 saturated heterocycles. The van der Waals surface area contributed by atoms with Crippen molar-refractivity contribution < 1.29 is 9.47 Å². The number of nitrogens with zero attached hydrogens (tertiary/aromatic N) is 1. The summed E-state index contributed by atoms with van der Waals surface area (Å²) >= 11 is 5.24. The minimum absolute atomic E-state index is 0.472. The van der Waals surface area contributed by atoms with E-state index < -0.39 is 0 Å². The van der Waals surface area contributed by atoms with Crippen molar-refractivity contribution in [3.63, 3.8) is 0 Å². The van der Waals surface area contributed by atoms with Gasteiger partial charge in [-0.1, -0.05) is 44.7 Å². The van der Waals surface area contributed by atoms with Gasteiger partial charge in [-0.15, -0.1) is 0 Å². The van der Waals surface area contributed by atoms with Gasteiger partial charge >= 0.3 is 0 Å². The molecule has 156 valence electrons. The number of hydrazone groups is 1. The summed E-state index contributed by atoms with van der Waals surface area (Å²) in [6.45, 7) is 3.62. The smallest absolute Gasteiger partial charge is 0.187 e. The van der Waals surface area contributed by atoms with Crippen molar-refractivity contribution in [2.75, 3.05) is 13.7 Å². The van der Waals surface area contributed by atoms with Crippen LogP contribution in [0.25, 0.3) is 0 Å². The van der Waals surface area contributed by atoms with Crippen molar-refractivity contribution in [1.82, 2.24) is 10.7 Å². The lowest BCUT2D eigenvalue weighted by molar-refractivity contribution is 0.304. The average Bonchev–Trinajstić information content (AvgIpc) is 2.76. The van der Waals surface area contributed by atoms with E-state index in [1.54, 1.807) is 13.3 Å². The van der Waals surface area contributed by atoms with Crippen LogP contribution in [0.15, 0.2) is 53.6 Å². The van der Waals surface area contributed by atoms with E-state index in [0.717, 1.165) is 35.7 Å². The predicted octanol–water partition coefficient (Wildman–Crippen LogP) is 5.04. The molecule has 29 heavy (non-hydrogen) atoms. The molecule has 0 bridgehead atoms. The molecular weight excluding hydrogens is 382 g/mol. The summed E-state index contributed by atoms with van der Waals surface area (Å²) in [5.74, 6) is 1.73. The molecule has 2 N–H and O–H groups in total. The highest BCUT2D eigenvalue weighted by molar-refractivity contribution is 7.80. The molecule has 0 aliphatic rings. The van der Waals surface area contributed by atoms with Crippen molar-refractivity contribution in [1.29, 1.82) is 0 Å². The molecule has 2 aromatic rings. The number of unbranched alkanes of at least 4 members (excludes halogenated alkanes) is 4. The first-order valence-corrected chi connectivity index (χ1v) is 10.5. The van der Waals surface area contributed by atoms with Gasteiger partial charge in [0.05, 0.1) is 19.9 Å². The minimum Gasteiger partial charge on any atom is -0.497 e. The molecular formula is C23H31N3O2S. The number of hydrogen-bond acceptors (Lipinski definition) is 4. The van der Waals surface area contributed by atoms with E-state index in [4.69, 9.17) is 21.7 Å². The Hall–Kier alpha value is -2.60. The van der Waals surface area contributed by atoms with E-state index >= 15 is 0 Å². The lowest BCUT2D eigenvalue weighted by atomic mass is 10.2. The molecule has 0 heterocycles. The first-order valence-electron chi connectivity index (χ1n) is 10.1. The fourth-order valence-corrected chi connectivity index (χ4v) is 2.80. The zero-order chi connectivity index (χ0) is 20.7. The molecule has 0 aromatic heterocycles. The second-order valence-corrected chi connectivity index (χ2v) is 7.14.